The Labute approximate surface area is 233 Å². The number of rotatable bonds is 12. The van der Waals surface area contributed by atoms with Gasteiger partial charge in [0.05, 0.1) is 18.8 Å². The lowest BCUT2D eigenvalue weighted by molar-refractivity contribution is -0.144. The molecule has 40 heavy (non-hydrogen) atoms. The second kappa shape index (κ2) is 15.0. The van der Waals surface area contributed by atoms with Crippen LogP contribution in [-0.4, -0.2) is 88.4 Å². The summed E-state index contributed by atoms with van der Waals surface area (Å²) >= 11 is 0. The molecule has 0 aromatic carbocycles. The lowest BCUT2D eigenvalue weighted by atomic mass is 9.83. The fourth-order valence-corrected chi connectivity index (χ4v) is 5.33. The lowest BCUT2D eigenvalue weighted by Gasteiger charge is -2.35. The zero-order valence-corrected chi connectivity index (χ0v) is 23.1. The molecule has 2 aliphatic rings. The molecule has 2 heterocycles. The predicted molar refractivity (Wildman–Crippen MR) is 144 cm³/mol. The summed E-state index contributed by atoms with van der Waals surface area (Å²) in [7, 11) is 1.35. The molecule has 3 atom stereocenters. The molecule has 218 valence electrons. The van der Waals surface area contributed by atoms with Crippen LogP contribution in [0.25, 0.3) is 0 Å². The molecule has 4 N–H and O–H groups in total. The molecule has 1 aliphatic heterocycles. The second-order valence-corrected chi connectivity index (χ2v) is 10.2. The minimum atomic E-state index is -0.984. The highest BCUT2D eigenvalue weighted by Crippen LogP contribution is 2.29. The van der Waals surface area contributed by atoms with Crippen LogP contribution >= 0.6 is 0 Å². The van der Waals surface area contributed by atoms with Crippen molar-refractivity contribution in [2.24, 2.45) is 5.92 Å². The Morgan fingerprint density at radius 1 is 1.00 bits per heavy atom. The van der Waals surface area contributed by atoms with Crippen LogP contribution in [-0.2, 0) is 24.0 Å². The Kier molecular flexibility index (Phi) is 11.5. The highest BCUT2D eigenvalue weighted by Gasteiger charge is 2.41. The molecule has 13 heteroatoms. The summed E-state index contributed by atoms with van der Waals surface area (Å²) in [6, 6.07) is -2.65. The molecular formula is C27H39N7O6. The highest BCUT2D eigenvalue weighted by molar-refractivity contribution is 6.38. The molecule has 1 saturated heterocycles. The molecule has 13 nitrogen and oxygen atoms in total. The Morgan fingerprint density at radius 3 is 2.40 bits per heavy atom. The van der Waals surface area contributed by atoms with Gasteiger partial charge in [-0.2, -0.15) is 0 Å². The Bertz CT molecular complexity index is 1080. The Balaban J connectivity index is 1.69. The average Bonchev–Trinajstić information content (AvgIpc) is 3.48. The number of likely N-dealkylation sites (N-methyl/N-ethyl adjacent to an activating group) is 1. The number of nitrogens with zero attached hydrogens (tertiary/aromatic N) is 3. The lowest BCUT2D eigenvalue weighted by Crippen LogP contribution is -2.58. The molecule has 1 aromatic heterocycles. The van der Waals surface area contributed by atoms with Crippen LogP contribution in [0.15, 0.2) is 18.6 Å². The molecule has 1 aromatic rings. The molecule has 1 saturated carbocycles. The van der Waals surface area contributed by atoms with Crippen molar-refractivity contribution in [2.45, 2.75) is 82.8 Å². The number of hydrogen-bond donors (Lipinski definition) is 4. The van der Waals surface area contributed by atoms with E-state index in [1.165, 1.54) is 30.5 Å². The van der Waals surface area contributed by atoms with Gasteiger partial charge in [-0.3, -0.25) is 33.8 Å². The minimum Gasteiger partial charge on any atom is -0.353 e. The van der Waals surface area contributed by atoms with Crippen molar-refractivity contribution < 1.29 is 28.8 Å². The normalized spacial score (nSPS) is 18.8. The SMILES string of the molecule is CCCC(NC(=O)C1CCCN1C(=O)C(NC(=O)CNC(=O)c1cnccn1)C1CCCCC1)C(=O)C(=O)NC. The van der Waals surface area contributed by atoms with E-state index < -0.39 is 47.5 Å². The molecular weight excluding hydrogens is 518 g/mol. The summed E-state index contributed by atoms with van der Waals surface area (Å²) in [6.07, 6.45) is 10.4. The summed E-state index contributed by atoms with van der Waals surface area (Å²) in [5.41, 5.74) is 0.0670. The van der Waals surface area contributed by atoms with Gasteiger partial charge in [-0.25, -0.2) is 4.98 Å². The van der Waals surface area contributed by atoms with Gasteiger partial charge in [-0.1, -0.05) is 32.6 Å². The molecule has 5 amide bonds. The van der Waals surface area contributed by atoms with Crippen molar-refractivity contribution >= 4 is 35.3 Å². The number of ketones is 1. The third-order valence-corrected chi connectivity index (χ3v) is 7.41. The van der Waals surface area contributed by atoms with Crippen molar-refractivity contribution in [1.29, 1.82) is 0 Å². The molecule has 2 fully saturated rings. The van der Waals surface area contributed by atoms with E-state index in [4.69, 9.17) is 0 Å². The number of Topliss-reactive ketones (excluding diaryl/α,β-unsaturated/α-hetero) is 1. The van der Waals surface area contributed by atoms with Gasteiger partial charge in [-0.05, 0) is 38.0 Å². The first-order valence-corrected chi connectivity index (χ1v) is 14.0. The molecule has 0 bridgehead atoms. The molecule has 0 radical (unpaired) electrons. The van der Waals surface area contributed by atoms with E-state index in [0.29, 0.717) is 32.2 Å². The van der Waals surface area contributed by atoms with E-state index in [0.717, 1.165) is 32.1 Å². The van der Waals surface area contributed by atoms with Crippen molar-refractivity contribution in [3.63, 3.8) is 0 Å². The van der Waals surface area contributed by atoms with Gasteiger partial charge in [0.15, 0.2) is 0 Å². The van der Waals surface area contributed by atoms with Crippen molar-refractivity contribution in [1.82, 2.24) is 36.1 Å². The van der Waals surface area contributed by atoms with E-state index in [1.54, 1.807) is 0 Å². The van der Waals surface area contributed by atoms with Crippen LogP contribution in [0, 0.1) is 5.92 Å². The maximum absolute atomic E-state index is 13.8. The van der Waals surface area contributed by atoms with Crippen LogP contribution < -0.4 is 21.3 Å². The summed E-state index contributed by atoms with van der Waals surface area (Å²) in [5.74, 6) is -3.57. The van der Waals surface area contributed by atoms with E-state index in [9.17, 15) is 28.8 Å². The molecule has 3 unspecified atom stereocenters. The maximum Gasteiger partial charge on any atom is 0.289 e. The fraction of sp³-hybridized carbons (Fsp3) is 0.630. The van der Waals surface area contributed by atoms with Crippen LogP contribution in [0.2, 0.25) is 0 Å². The third-order valence-electron chi connectivity index (χ3n) is 7.41. The van der Waals surface area contributed by atoms with Gasteiger partial charge in [0.1, 0.15) is 17.8 Å². The van der Waals surface area contributed by atoms with Crippen molar-refractivity contribution in [2.75, 3.05) is 20.1 Å². The number of carbonyl (C=O) groups excluding carboxylic acids is 6. The van der Waals surface area contributed by atoms with Crippen LogP contribution in [0.3, 0.4) is 0 Å². The number of hydrogen-bond acceptors (Lipinski definition) is 8. The quantitative estimate of drug-likeness (QED) is 0.256. The molecule has 1 aliphatic carbocycles. The summed E-state index contributed by atoms with van der Waals surface area (Å²) in [6.45, 7) is 1.83. The minimum absolute atomic E-state index is 0.0670. The van der Waals surface area contributed by atoms with E-state index in [1.807, 2.05) is 6.92 Å². The summed E-state index contributed by atoms with van der Waals surface area (Å²) < 4.78 is 0. The fourth-order valence-electron chi connectivity index (χ4n) is 5.33. The van der Waals surface area contributed by atoms with Gasteiger partial charge >= 0.3 is 0 Å². The van der Waals surface area contributed by atoms with Gasteiger partial charge in [-0.15, -0.1) is 0 Å². The zero-order chi connectivity index (χ0) is 29.1. The van der Waals surface area contributed by atoms with Gasteiger partial charge < -0.3 is 26.2 Å². The maximum atomic E-state index is 13.8. The Hall–Kier alpha value is -3.90. The van der Waals surface area contributed by atoms with Crippen LogP contribution in [0.1, 0.15) is 75.2 Å². The highest BCUT2D eigenvalue weighted by atomic mass is 16.2. The topological polar surface area (TPSA) is 180 Å². The number of likely N-dealkylation sites (tertiary alicyclic amines) is 1. The Morgan fingerprint density at radius 2 is 1.75 bits per heavy atom. The van der Waals surface area contributed by atoms with E-state index >= 15 is 0 Å². The van der Waals surface area contributed by atoms with Gasteiger partial charge in [0.2, 0.25) is 23.5 Å². The number of aromatic nitrogens is 2. The van der Waals surface area contributed by atoms with Crippen molar-refractivity contribution in [3.05, 3.63) is 24.3 Å². The number of carbonyl (C=O) groups is 6. The number of amides is 5. The third kappa shape index (κ3) is 8.06. The first-order valence-electron chi connectivity index (χ1n) is 14.0. The van der Waals surface area contributed by atoms with Crippen LogP contribution in [0.4, 0.5) is 0 Å². The van der Waals surface area contributed by atoms with Gasteiger partial charge in [0, 0.05) is 26.0 Å². The second-order valence-electron chi connectivity index (χ2n) is 10.2. The smallest absolute Gasteiger partial charge is 0.289 e. The monoisotopic (exact) mass is 557 g/mol. The zero-order valence-electron chi connectivity index (χ0n) is 23.1. The van der Waals surface area contributed by atoms with E-state index in [-0.39, 0.29) is 24.1 Å². The van der Waals surface area contributed by atoms with Crippen molar-refractivity contribution in [3.8, 4) is 0 Å². The largest absolute Gasteiger partial charge is 0.353 e. The van der Waals surface area contributed by atoms with Crippen LogP contribution in [0.5, 0.6) is 0 Å². The summed E-state index contributed by atoms with van der Waals surface area (Å²) in [5, 5.41) is 10.3. The molecule has 0 spiro atoms. The average molecular weight is 558 g/mol. The first kappa shape index (κ1) is 30.6. The standard InChI is InChI=1S/C27H39N7O6/c1-3-8-18(23(36)26(39)28-2)32-25(38)20-11-7-14-34(20)27(40)22(17-9-5-4-6-10-17)33-21(35)16-31-24(37)19-15-29-12-13-30-19/h12-13,15,17-18,20,22H,3-11,14,16H2,1-2H3,(H,28,39)(H,31,37)(H,32,38)(H,33,35). The van der Waals surface area contributed by atoms with E-state index in [2.05, 4.69) is 31.2 Å². The first-order chi connectivity index (χ1) is 19.3. The van der Waals surface area contributed by atoms with Gasteiger partial charge in [0.25, 0.3) is 11.8 Å². The molecule has 3 rings (SSSR count). The predicted octanol–water partition coefficient (Wildman–Crippen LogP) is -0.137. The number of nitrogens with one attached hydrogen (secondary N) is 4. The summed E-state index contributed by atoms with van der Waals surface area (Å²) in [4.78, 5) is 85.8.